The van der Waals surface area contributed by atoms with Crippen LogP contribution in [-0.4, -0.2) is 42.6 Å². The first-order valence-corrected chi connectivity index (χ1v) is 9.37. The topological polar surface area (TPSA) is 45.3 Å². The SMILES string of the molecule is COC(=O)C1CN(CC=Cc2ccccc2)CCc2c1[nH]c1ccccc21. The molecular weight excluding hydrogens is 336 g/mol. The number of methoxy groups -OCH3 is 1. The predicted molar refractivity (Wildman–Crippen MR) is 109 cm³/mol. The molecule has 3 aromatic rings. The van der Waals surface area contributed by atoms with Crippen LogP contribution in [0.4, 0.5) is 0 Å². The zero-order chi connectivity index (χ0) is 18.6. The van der Waals surface area contributed by atoms with Gasteiger partial charge < -0.3 is 9.72 Å². The Labute approximate surface area is 159 Å². The number of hydrogen-bond acceptors (Lipinski definition) is 3. The van der Waals surface area contributed by atoms with E-state index in [0.29, 0.717) is 6.54 Å². The largest absolute Gasteiger partial charge is 0.468 e. The molecule has 0 radical (unpaired) electrons. The number of nitrogens with one attached hydrogen (secondary N) is 1. The van der Waals surface area contributed by atoms with Gasteiger partial charge in [-0.25, -0.2) is 0 Å². The van der Waals surface area contributed by atoms with Crippen molar-refractivity contribution < 1.29 is 9.53 Å². The molecule has 1 N–H and O–H groups in total. The smallest absolute Gasteiger partial charge is 0.315 e. The fraction of sp³-hybridized carbons (Fsp3) is 0.261. The Hall–Kier alpha value is -2.85. The van der Waals surface area contributed by atoms with Gasteiger partial charge in [0.2, 0.25) is 0 Å². The van der Waals surface area contributed by atoms with Crippen LogP contribution in [0.5, 0.6) is 0 Å². The minimum atomic E-state index is -0.287. The quantitative estimate of drug-likeness (QED) is 0.716. The van der Waals surface area contributed by atoms with Crippen molar-refractivity contribution >= 4 is 22.9 Å². The number of aromatic nitrogens is 1. The van der Waals surface area contributed by atoms with E-state index in [2.05, 4.69) is 52.4 Å². The van der Waals surface area contributed by atoms with Gasteiger partial charge in [0, 0.05) is 36.2 Å². The molecule has 4 heteroatoms. The molecule has 4 nitrogen and oxygen atoms in total. The zero-order valence-electron chi connectivity index (χ0n) is 15.5. The van der Waals surface area contributed by atoms with Gasteiger partial charge in [-0.2, -0.15) is 0 Å². The van der Waals surface area contributed by atoms with E-state index in [-0.39, 0.29) is 11.9 Å². The van der Waals surface area contributed by atoms with Gasteiger partial charge in [-0.3, -0.25) is 9.69 Å². The van der Waals surface area contributed by atoms with E-state index < -0.39 is 0 Å². The molecule has 1 aliphatic rings. The lowest BCUT2D eigenvalue weighted by Crippen LogP contribution is -2.32. The highest BCUT2D eigenvalue weighted by atomic mass is 16.5. The Kier molecular flexibility index (Phi) is 5.07. The van der Waals surface area contributed by atoms with Crippen molar-refractivity contribution in [3.05, 3.63) is 77.5 Å². The van der Waals surface area contributed by atoms with E-state index in [4.69, 9.17) is 4.74 Å². The number of aromatic amines is 1. The van der Waals surface area contributed by atoms with Crippen LogP contribution in [0.1, 0.15) is 22.7 Å². The van der Waals surface area contributed by atoms with Crippen molar-refractivity contribution in [1.82, 2.24) is 9.88 Å². The van der Waals surface area contributed by atoms with Crippen LogP contribution >= 0.6 is 0 Å². The van der Waals surface area contributed by atoms with Crippen molar-refractivity contribution in [3.8, 4) is 0 Å². The van der Waals surface area contributed by atoms with Gasteiger partial charge in [-0.05, 0) is 23.6 Å². The van der Waals surface area contributed by atoms with Crippen molar-refractivity contribution in [2.45, 2.75) is 12.3 Å². The molecule has 2 aromatic carbocycles. The van der Waals surface area contributed by atoms with Crippen LogP contribution in [0.15, 0.2) is 60.7 Å². The van der Waals surface area contributed by atoms with Gasteiger partial charge in [0.15, 0.2) is 0 Å². The minimum Gasteiger partial charge on any atom is -0.468 e. The molecule has 0 fully saturated rings. The molecule has 2 heterocycles. The second-order valence-corrected chi connectivity index (χ2v) is 6.96. The molecular formula is C23H24N2O2. The molecule has 138 valence electrons. The number of nitrogens with zero attached hydrogens (tertiary/aromatic N) is 1. The van der Waals surface area contributed by atoms with Gasteiger partial charge >= 0.3 is 5.97 Å². The fourth-order valence-electron chi connectivity index (χ4n) is 3.90. The standard InChI is InChI=1S/C23H24N2O2/c1-27-23(26)20-16-25(14-7-10-17-8-3-2-4-9-17)15-13-19-18-11-5-6-12-21(18)24-22(19)20/h2-12,20,24H,13-16H2,1H3. The number of H-pyrrole nitrogens is 1. The predicted octanol–water partition coefficient (Wildman–Crippen LogP) is 4.00. The van der Waals surface area contributed by atoms with Crippen LogP contribution in [0, 0.1) is 0 Å². The molecule has 0 amide bonds. The molecule has 0 saturated carbocycles. The third kappa shape index (κ3) is 3.67. The average molecular weight is 360 g/mol. The van der Waals surface area contributed by atoms with E-state index in [1.807, 2.05) is 24.3 Å². The molecule has 27 heavy (non-hydrogen) atoms. The summed E-state index contributed by atoms with van der Waals surface area (Å²) in [6.07, 6.45) is 5.22. The highest BCUT2D eigenvalue weighted by molar-refractivity contribution is 5.88. The average Bonchev–Trinajstić information content (AvgIpc) is 2.98. The monoisotopic (exact) mass is 360 g/mol. The number of para-hydroxylation sites is 1. The molecule has 0 spiro atoms. The van der Waals surface area contributed by atoms with Crippen LogP contribution < -0.4 is 0 Å². The number of fused-ring (bicyclic) bond motifs is 3. The summed E-state index contributed by atoms with van der Waals surface area (Å²) in [5.41, 5.74) is 4.54. The number of benzene rings is 2. The maximum atomic E-state index is 12.5. The lowest BCUT2D eigenvalue weighted by Gasteiger charge is -2.21. The van der Waals surface area contributed by atoms with Crippen LogP contribution in [0.2, 0.25) is 0 Å². The van der Waals surface area contributed by atoms with Crippen molar-refractivity contribution in [3.63, 3.8) is 0 Å². The lowest BCUT2D eigenvalue weighted by atomic mass is 10.00. The van der Waals surface area contributed by atoms with E-state index in [1.54, 1.807) is 0 Å². The summed E-state index contributed by atoms with van der Waals surface area (Å²) in [7, 11) is 1.47. The van der Waals surface area contributed by atoms with E-state index >= 15 is 0 Å². The van der Waals surface area contributed by atoms with E-state index in [9.17, 15) is 4.79 Å². The molecule has 4 rings (SSSR count). The summed E-state index contributed by atoms with van der Waals surface area (Å²) >= 11 is 0. The molecule has 1 aromatic heterocycles. The molecule has 1 aliphatic heterocycles. The van der Waals surface area contributed by atoms with E-state index in [1.165, 1.54) is 23.6 Å². The summed E-state index contributed by atoms with van der Waals surface area (Å²) in [4.78, 5) is 18.3. The zero-order valence-corrected chi connectivity index (χ0v) is 15.5. The van der Waals surface area contributed by atoms with Gasteiger partial charge in [-0.15, -0.1) is 0 Å². The summed E-state index contributed by atoms with van der Waals surface area (Å²) in [5.74, 6) is -0.466. The fourth-order valence-corrected chi connectivity index (χ4v) is 3.90. The van der Waals surface area contributed by atoms with Gasteiger partial charge in [0.1, 0.15) is 5.92 Å². The molecule has 1 unspecified atom stereocenters. The third-order valence-electron chi connectivity index (χ3n) is 5.27. The second kappa shape index (κ2) is 7.80. The number of carbonyl (C=O) groups excluding carboxylic acids is 1. The lowest BCUT2D eigenvalue weighted by molar-refractivity contribution is -0.142. The highest BCUT2D eigenvalue weighted by Crippen LogP contribution is 2.32. The summed E-state index contributed by atoms with van der Waals surface area (Å²) in [5, 5.41) is 1.21. The number of ether oxygens (including phenoxy) is 1. The Morgan fingerprint density at radius 2 is 1.96 bits per heavy atom. The molecule has 0 aliphatic carbocycles. The summed E-state index contributed by atoms with van der Waals surface area (Å²) < 4.78 is 5.12. The third-order valence-corrected chi connectivity index (χ3v) is 5.27. The van der Waals surface area contributed by atoms with Crippen LogP contribution in [0.25, 0.3) is 17.0 Å². The Balaban J connectivity index is 1.58. The van der Waals surface area contributed by atoms with Crippen LogP contribution in [-0.2, 0) is 16.0 Å². The first kappa shape index (κ1) is 17.6. The normalized spacial score (nSPS) is 17.7. The Morgan fingerprint density at radius 3 is 2.78 bits per heavy atom. The Morgan fingerprint density at radius 1 is 1.19 bits per heavy atom. The van der Waals surface area contributed by atoms with Crippen molar-refractivity contribution in [2.75, 3.05) is 26.7 Å². The first-order valence-electron chi connectivity index (χ1n) is 9.37. The van der Waals surface area contributed by atoms with Crippen molar-refractivity contribution in [2.24, 2.45) is 0 Å². The number of esters is 1. The molecule has 1 atom stereocenters. The molecule has 0 saturated heterocycles. The van der Waals surface area contributed by atoms with Gasteiger partial charge in [0.05, 0.1) is 7.11 Å². The highest BCUT2D eigenvalue weighted by Gasteiger charge is 2.31. The Bertz CT molecular complexity index is 959. The first-order chi connectivity index (χ1) is 13.3. The van der Waals surface area contributed by atoms with Gasteiger partial charge in [-0.1, -0.05) is 60.7 Å². The maximum absolute atomic E-state index is 12.5. The second-order valence-electron chi connectivity index (χ2n) is 6.96. The minimum absolute atomic E-state index is 0.179. The van der Waals surface area contributed by atoms with E-state index in [0.717, 1.165) is 30.7 Å². The summed E-state index contributed by atoms with van der Waals surface area (Å²) in [6.45, 7) is 2.39. The van der Waals surface area contributed by atoms with Crippen LogP contribution in [0.3, 0.4) is 0 Å². The van der Waals surface area contributed by atoms with Gasteiger partial charge in [0.25, 0.3) is 0 Å². The molecule has 0 bridgehead atoms. The maximum Gasteiger partial charge on any atom is 0.315 e. The van der Waals surface area contributed by atoms with Crippen molar-refractivity contribution in [1.29, 1.82) is 0 Å². The number of hydrogen-bond donors (Lipinski definition) is 1. The number of rotatable bonds is 4. The number of carbonyl (C=O) groups is 1. The summed E-state index contributed by atoms with van der Waals surface area (Å²) in [6, 6.07) is 18.5.